The van der Waals surface area contributed by atoms with Crippen molar-refractivity contribution < 1.29 is 9.63 Å². The molecule has 0 spiro atoms. The zero-order chi connectivity index (χ0) is 11.1. The van der Waals surface area contributed by atoms with Crippen LogP contribution in [-0.4, -0.2) is 5.97 Å². The molecule has 0 aromatic heterocycles. The summed E-state index contributed by atoms with van der Waals surface area (Å²) in [5.74, 6) is -0.347. The van der Waals surface area contributed by atoms with Crippen molar-refractivity contribution in [3.05, 3.63) is 42.0 Å². The van der Waals surface area contributed by atoms with Gasteiger partial charge < -0.3 is 4.84 Å². The molecule has 0 saturated heterocycles. The second kappa shape index (κ2) is 5.86. The van der Waals surface area contributed by atoms with Crippen molar-refractivity contribution in [1.82, 2.24) is 0 Å². The van der Waals surface area contributed by atoms with Gasteiger partial charge in [-0.3, -0.25) is 0 Å². The molecule has 1 aromatic carbocycles. The fraction of sp³-hybridized carbons (Fsp3) is 0.250. The summed E-state index contributed by atoms with van der Waals surface area (Å²) in [6, 6.07) is 9.28. The number of hydrogen-bond acceptors (Lipinski definition) is 3. The molecule has 1 rings (SSSR count). The lowest BCUT2D eigenvalue weighted by molar-refractivity contribution is -0.136. The molecule has 0 heterocycles. The van der Waals surface area contributed by atoms with Gasteiger partial charge >= 0.3 is 5.97 Å². The van der Waals surface area contributed by atoms with E-state index >= 15 is 0 Å². The van der Waals surface area contributed by atoms with Gasteiger partial charge in [0.2, 0.25) is 0 Å². The van der Waals surface area contributed by atoms with E-state index < -0.39 is 0 Å². The van der Waals surface area contributed by atoms with Crippen LogP contribution in [0.15, 0.2) is 42.0 Å². The van der Waals surface area contributed by atoms with Gasteiger partial charge in [0.1, 0.15) is 0 Å². The van der Waals surface area contributed by atoms with Gasteiger partial charge in [0, 0.05) is 5.57 Å². The lowest BCUT2D eigenvalue weighted by Crippen LogP contribution is -2.11. The van der Waals surface area contributed by atoms with E-state index in [1.807, 2.05) is 43.3 Å². The number of nitrogens with one attached hydrogen (secondary N) is 1. The van der Waals surface area contributed by atoms with Gasteiger partial charge in [-0.05, 0) is 25.5 Å². The van der Waals surface area contributed by atoms with E-state index in [-0.39, 0.29) is 5.97 Å². The van der Waals surface area contributed by atoms with Crippen molar-refractivity contribution in [2.45, 2.75) is 20.3 Å². The highest BCUT2D eigenvalue weighted by molar-refractivity contribution is 5.88. The summed E-state index contributed by atoms with van der Waals surface area (Å²) in [5, 5.41) is 0. The normalized spacial score (nSPS) is 10.9. The molecule has 0 radical (unpaired) electrons. The first-order valence-electron chi connectivity index (χ1n) is 4.93. The fourth-order valence-corrected chi connectivity index (χ4v) is 1.08. The van der Waals surface area contributed by atoms with Crippen molar-refractivity contribution in [1.29, 1.82) is 0 Å². The predicted octanol–water partition coefficient (Wildman–Crippen LogP) is 2.91. The second-order valence-electron chi connectivity index (χ2n) is 3.15. The van der Waals surface area contributed by atoms with Crippen LogP contribution in [0.2, 0.25) is 0 Å². The Hall–Kier alpha value is -1.77. The highest BCUT2D eigenvalue weighted by Gasteiger charge is 2.04. The molecule has 15 heavy (non-hydrogen) atoms. The van der Waals surface area contributed by atoms with Crippen LogP contribution in [0.4, 0.5) is 5.69 Å². The summed E-state index contributed by atoms with van der Waals surface area (Å²) in [5.41, 5.74) is 3.96. The highest BCUT2D eigenvalue weighted by atomic mass is 16.7. The minimum Gasteiger partial charge on any atom is -0.338 e. The third-order valence-corrected chi connectivity index (χ3v) is 1.87. The minimum absolute atomic E-state index is 0.347. The van der Waals surface area contributed by atoms with Gasteiger partial charge in [-0.2, -0.15) is 0 Å². The van der Waals surface area contributed by atoms with E-state index in [0.29, 0.717) is 5.57 Å². The van der Waals surface area contributed by atoms with Crippen molar-refractivity contribution in [3.63, 3.8) is 0 Å². The van der Waals surface area contributed by atoms with E-state index in [1.54, 1.807) is 6.92 Å². The largest absolute Gasteiger partial charge is 0.358 e. The Morgan fingerprint density at radius 3 is 2.67 bits per heavy atom. The lowest BCUT2D eigenvalue weighted by atomic mass is 10.2. The molecule has 0 amide bonds. The number of anilines is 1. The quantitative estimate of drug-likeness (QED) is 0.606. The second-order valence-corrected chi connectivity index (χ2v) is 3.15. The van der Waals surface area contributed by atoms with Crippen LogP contribution in [0.3, 0.4) is 0 Å². The molecular formula is C12H15NO2. The van der Waals surface area contributed by atoms with E-state index in [2.05, 4.69) is 5.48 Å². The van der Waals surface area contributed by atoms with Crippen LogP contribution >= 0.6 is 0 Å². The average Bonchev–Trinajstić information content (AvgIpc) is 2.27. The molecular weight excluding hydrogens is 190 g/mol. The number of carbonyl (C=O) groups excluding carboxylic acids is 1. The van der Waals surface area contributed by atoms with E-state index in [0.717, 1.165) is 12.1 Å². The number of hydrogen-bond donors (Lipinski definition) is 1. The standard InChI is InChI=1S/C12H15NO2/c1-3-7-10(2)12(14)15-13-11-8-5-4-6-9-11/h4-9,13H,3H2,1-2H3. The zero-order valence-electron chi connectivity index (χ0n) is 8.99. The molecule has 1 aromatic rings. The van der Waals surface area contributed by atoms with E-state index in [4.69, 9.17) is 4.84 Å². The molecule has 0 atom stereocenters. The molecule has 3 nitrogen and oxygen atoms in total. The Labute approximate surface area is 89.7 Å². The van der Waals surface area contributed by atoms with Crippen LogP contribution in [0, 0.1) is 0 Å². The zero-order valence-corrected chi connectivity index (χ0v) is 8.99. The van der Waals surface area contributed by atoms with Crippen molar-refractivity contribution in [3.8, 4) is 0 Å². The Morgan fingerprint density at radius 1 is 1.40 bits per heavy atom. The SMILES string of the molecule is CCC=C(C)C(=O)ONc1ccccc1. The van der Waals surface area contributed by atoms with Crippen LogP contribution in [0.25, 0.3) is 0 Å². The maximum absolute atomic E-state index is 11.4. The van der Waals surface area contributed by atoms with Crippen LogP contribution < -0.4 is 5.48 Å². The minimum atomic E-state index is -0.347. The van der Waals surface area contributed by atoms with Crippen LogP contribution in [-0.2, 0) is 9.63 Å². The fourth-order valence-electron chi connectivity index (χ4n) is 1.08. The Kier molecular flexibility index (Phi) is 4.41. The lowest BCUT2D eigenvalue weighted by Gasteiger charge is -2.06. The van der Waals surface area contributed by atoms with Crippen molar-refractivity contribution in [2.75, 3.05) is 5.48 Å². The molecule has 0 aliphatic carbocycles. The molecule has 0 bridgehead atoms. The molecule has 80 valence electrons. The molecule has 0 fully saturated rings. The van der Waals surface area contributed by atoms with Crippen molar-refractivity contribution in [2.24, 2.45) is 0 Å². The first-order valence-corrected chi connectivity index (χ1v) is 4.93. The first kappa shape index (κ1) is 11.3. The summed E-state index contributed by atoms with van der Waals surface area (Å²) < 4.78 is 0. The molecule has 1 N–H and O–H groups in total. The van der Waals surface area contributed by atoms with E-state index in [1.165, 1.54) is 0 Å². The number of para-hydroxylation sites is 1. The summed E-state index contributed by atoms with van der Waals surface area (Å²) >= 11 is 0. The van der Waals surface area contributed by atoms with Gasteiger partial charge in [-0.1, -0.05) is 31.2 Å². The predicted molar refractivity (Wildman–Crippen MR) is 60.2 cm³/mol. The number of benzene rings is 1. The number of carbonyl (C=O) groups is 1. The maximum Gasteiger partial charge on any atom is 0.358 e. The number of allylic oxidation sites excluding steroid dienone is 1. The van der Waals surface area contributed by atoms with E-state index in [9.17, 15) is 4.79 Å². The maximum atomic E-state index is 11.4. The third kappa shape index (κ3) is 3.85. The molecule has 0 unspecified atom stereocenters. The monoisotopic (exact) mass is 205 g/mol. The van der Waals surface area contributed by atoms with Crippen molar-refractivity contribution >= 4 is 11.7 Å². The third-order valence-electron chi connectivity index (χ3n) is 1.87. The van der Waals surface area contributed by atoms with Gasteiger partial charge in [0.15, 0.2) is 0 Å². The first-order chi connectivity index (χ1) is 7.24. The van der Waals surface area contributed by atoms with Crippen LogP contribution in [0.1, 0.15) is 20.3 Å². The highest BCUT2D eigenvalue weighted by Crippen LogP contribution is 2.06. The Morgan fingerprint density at radius 2 is 2.07 bits per heavy atom. The van der Waals surface area contributed by atoms with Gasteiger partial charge in [-0.15, -0.1) is 0 Å². The summed E-state index contributed by atoms with van der Waals surface area (Å²) in [4.78, 5) is 16.2. The average molecular weight is 205 g/mol. The molecule has 0 saturated carbocycles. The van der Waals surface area contributed by atoms with Gasteiger partial charge in [0.05, 0.1) is 5.69 Å². The van der Waals surface area contributed by atoms with Gasteiger partial charge in [-0.25, -0.2) is 10.3 Å². The smallest absolute Gasteiger partial charge is 0.338 e. The Bertz CT molecular complexity index is 344. The molecule has 3 heteroatoms. The summed E-state index contributed by atoms with van der Waals surface area (Å²) in [6.45, 7) is 3.71. The Balaban J connectivity index is 2.45. The van der Waals surface area contributed by atoms with Gasteiger partial charge in [0.25, 0.3) is 0 Å². The van der Waals surface area contributed by atoms with Crippen LogP contribution in [0.5, 0.6) is 0 Å². The molecule has 0 aliphatic rings. The molecule has 0 aliphatic heterocycles. The summed E-state index contributed by atoms with van der Waals surface area (Å²) in [7, 11) is 0. The number of rotatable bonds is 4. The topological polar surface area (TPSA) is 38.3 Å². The summed E-state index contributed by atoms with van der Waals surface area (Å²) in [6.07, 6.45) is 2.65.